The van der Waals surface area contributed by atoms with Crippen molar-refractivity contribution in [1.29, 1.82) is 0 Å². The molecule has 0 bridgehead atoms. The maximum atomic E-state index is 11.8. The van der Waals surface area contributed by atoms with Crippen LogP contribution in [0.2, 0.25) is 0 Å². The molecule has 1 N–H and O–H groups in total. The van der Waals surface area contributed by atoms with Crippen molar-refractivity contribution in [3.05, 3.63) is 29.3 Å². The largest absolute Gasteiger partial charge is 0.340 e. The van der Waals surface area contributed by atoms with Crippen LogP contribution in [0, 0.1) is 12.8 Å². The van der Waals surface area contributed by atoms with E-state index in [4.69, 9.17) is 0 Å². The van der Waals surface area contributed by atoms with Gasteiger partial charge in [0.2, 0.25) is 5.95 Å². The summed E-state index contributed by atoms with van der Waals surface area (Å²) in [5.41, 5.74) is 1.68. The fourth-order valence-electron chi connectivity index (χ4n) is 3.84. The maximum Gasteiger partial charge on any atom is 0.294 e. The van der Waals surface area contributed by atoms with E-state index in [0.29, 0.717) is 11.5 Å². The minimum absolute atomic E-state index is 0.0202. The highest BCUT2D eigenvalue weighted by atomic mass is 32.2. The van der Waals surface area contributed by atoms with Crippen molar-refractivity contribution >= 4 is 16.1 Å². The fourth-order valence-corrected chi connectivity index (χ4v) is 4.63. The van der Waals surface area contributed by atoms with Gasteiger partial charge in [-0.15, -0.1) is 0 Å². The van der Waals surface area contributed by atoms with Crippen LogP contribution in [0.4, 0.5) is 5.95 Å². The zero-order valence-corrected chi connectivity index (χ0v) is 17.0. The van der Waals surface area contributed by atoms with Gasteiger partial charge in [0.05, 0.1) is 10.9 Å². The minimum Gasteiger partial charge on any atom is -0.340 e. The molecule has 0 radical (unpaired) electrons. The molecule has 9 heteroatoms. The summed E-state index contributed by atoms with van der Waals surface area (Å²) >= 11 is 0. The van der Waals surface area contributed by atoms with Gasteiger partial charge in [-0.1, -0.05) is 29.7 Å². The summed E-state index contributed by atoms with van der Waals surface area (Å²) in [6.45, 7) is 9.69. The minimum atomic E-state index is -4.24. The highest BCUT2D eigenvalue weighted by molar-refractivity contribution is 7.85. The second kappa shape index (κ2) is 7.55. The van der Waals surface area contributed by atoms with E-state index in [2.05, 4.69) is 20.4 Å². The molecule has 148 valence electrons. The highest BCUT2D eigenvalue weighted by Crippen LogP contribution is 2.36. The van der Waals surface area contributed by atoms with E-state index in [-0.39, 0.29) is 16.9 Å². The number of hydrogen-bond donors (Lipinski definition) is 1. The second-order valence-electron chi connectivity index (χ2n) is 7.65. The molecule has 2 aromatic rings. The van der Waals surface area contributed by atoms with Gasteiger partial charge in [0.25, 0.3) is 10.1 Å². The zero-order valence-electron chi connectivity index (χ0n) is 16.2. The third-order valence-electron chi connectivity index (χ3n) is 5.43. The Balaban J connectivity index is 1.77. The normalized spacial score (nSPS) is 17.5. The van der Waals surface area contributed by atoms with Crippen molar-refractivity contribution in [2.75, 3.05) is 18.0 Å². The molecule has 1 unspecified atom stereocenters. The van der Waals surface area contributed by atoms with Crippen LogP contribution in [0.3, 0.4) is 0 Å². The molecule has 1 aromatic carbocycles. The number of hydrogen-bond acceptors (Lipinski definition) is 6. The summed E-state index contributed by atoms with van der Waals surface area (Å²) in [4.78, 5) is 2.20. The summed E-state index contributed by atoms with van der Waals surface area (Å²) in [6.07, 6.45) is 1.82. The summed E-state index contributed by atoms with van der Waals surface area (Å²) < 4.78 is 35.0. The van der Waals surface area contributed by atoms with E-state index in [1.807, 2.05) is 38.4 Å². The Morgan fingerprint density at radius 2 is 1.85 bits per heavy atom. The number of rotatable bonds is 5. The third kappa shape index (κ3) is 4.14. The quantitative estimate of drug-likeness (QED) is 0.779. The lowest BCUT2D eigenvalue weighted by Gasteiger charge is -2.35. The SMILES string of the molecule is Cc1ccc(S(=O)(=O)O)c(C(C)C2CCN(c3nnnn3C(C)C)CC2)c1. The van der Waals surface area contributed by atoms with Crippen molar-refractivity contribution in [2.45, 2.75) is 57.4 Å². The number of aromatic nitrogens is 4. The lowest BCUT2D eigenvalue weighted by Crippen LogP contribution is -2.37. The van der Waals surface area contributed by atoms with Crippen LogP contribution in [0.15, 0.2) is 23.1 Å². The van der Waals surface area contributed by atoms with Crippen molar-refractivity contribution in [2.24, 2.45) is 5.92 Å². The molecular weight excluding hydrogens is 366 g/mol. The lowest BCUT2D eigenvalue weighted by molar-refractivity contribution is 0.345. The van der Waals surface area contributed by atoms with Crippen molar-refractivity contribution in [3.8, 4) is 0 Å². The molecule has 1 aromatic heterocycles. The van der Waals surface area contributed by atoms with E-state index in [1.54, 1.807) is 6.07 Å². The Morgan fingerprint density at radius 1 is 1.19 bits per heavy atom. The number of aryl methyl sites for hydroxylation is 1. The smallest absolute Gasteiger partial charge is 0.294 e. The van der Waals surface area contributed by atoms with E-state index >= 15 is 0 Å². The van der Waals surface area contributed by atoms with E-state index in [0.717, 1.165) is 37.4 Å². The molecule has 2 heterocycles. The molecule has 0 saturated carbocycles. The number of nitrogens with zero attached hydrogens (tertiary/aromatic N) is 5. The first-order chi connectivity index (χ1) is 12.7. The van der Waals surface area contributed by atoms with Gasteiger partial charge in [0.15, 0.2) is 0 Å². The Labute approximate surface area is 160 Å². The Bertz CT molecular complexity index is 901. The molecule has 1 fully saturated rings. The first kappa shape index (κ1) is 19.8. The van der Waals surface area contributed by atoms with Crippen molar-refractivity contribution in [3.63, 3.8) is 0 Å². The van der Waals surface area contributed by atoms with Gasteiger partial charge in [-0.25, -0.2) is 4.68 Å². The molecule has 0 aliphatic carbocycles. The van der Waals surface area contributed by atoms with Gasteiger partial charge in [-0.2, -0.15) is 8.42 Å². The topological polar surface area (TPSA) is 101 Å². The number of anilines is 1. The molecule has 0 amide bonds. The monoisotopic (exact) mass is 393 g/mol. The van der Waals surface area contributed by atoms with Gasteiger partial charge in [0.1, 0.15) is 0 Å². The number of benzene rings is 1. The van der Waals surface area contributed by atoms with Crippen LogP contribution in [0.25, 0.3) is 0 Å². The Morgan fingerprint density at radius 3 is 2.44 bits per heavy atom. The van der Waals surface area contributed by atoms with Crippen LogP contribution in [0.1, 0.15) is 56.7 Å². The number of piperidine rings is 1. The first-order valence-corrected chi connectivity index (χ1v) is 10.7. The molecular formula is C18H27N5O3S. The predicted octanol–water partition coefficient (Wildman–Crippen LogP) is 2.83. The average molecular weight is 394 g/mol. The molecule has 1 aliphatic heterocycles. The summed E-state index contributed by atoms with van der Waals surface area (Å²) in [5.74, 6) is 1.14. The molecule has 8 nitrogen and oxygen atoms in total. The molecule has 1 aliphatic rings. The fraction of sp³-hybridized carbons (Fsp3) is 0.611. The van der Waals surface area contributed by atoms with Crippen LogP contribution in [-0.4, -0.2) is 46.3 Å². The van der Waals surface area contributed by atoms with E-state index in [9.17, 15) is 13.0 Å². The summed E-state index contributed by atoms with van der Waals surface area (Å²) in [5, 5.41) is 12.0. The van der Waals surface area contributed by atoms with Gasteiger partial charge in [0, 0.05) is 13.1 Å². The van der Waals surface area contributed by atoms with Gasteiger partial charge >= 0.3 is 0 Å². The van der Waals surface area contributed by atoms with Gasteiger partial charge in [-0.05, 0) is 67.5 Å². The second-order valence-corrected chi connectivity index (χ2v) is 9.04. The van der Waals surface area contributed by atoms with Crippen LogP contribution in [-0.2, 0) is 10.1 Å². The van der Waals surface area contributed by atoms with Crippen molar-refractivity contribution < 1.29 is 13.0 Å². The van der Waals surface area contributed by atoms with E-state index < -0.39 is 10.1 Å². The van der Waals surface area contributed by atoms with Crippen LogP contribution >= 0.6 is 0 Å². The molecule has 3 rings (SSSR count). The molecule has 0 spiro atoms. The van der Waals surface area contributed by atoms with Crippen LogP contribution < -0.4 is 4.90 Å². The Kier molecular flexibility index (Phi) is 5.53. The molecule has 1 saturated heterocycles. The predicted molar refractivity (Wildman–Crippen MR) is 103 cm³/mol. The molecule has 1 atom stereocenters. The third-order valence-corrected chi connectivity index (χ3v) is 6.36. The number of tetrazole rings is 1. The maximum absolute atomic E-state index is 11.8. The average Bonchev–Trinajstić information content (AvgIpc) is 3.10. The zero-order chi connectivity index (χ0) is 19.8. The van der Waals surface area contributed by atoms with Crippen molar-refractivity contribution in [1.82, 2.24) is 20.2 Å². The van der Waals surface area contributed by atoms with Gasteiger partial charge in [-0.3, -0.25) is 4.55 Å². The Hall–Kier alpha value is -2.00. The first-order valence-electron chi connectivity index (χ1n) is 9.29. The summed E-state index contributed by atoms with van der Waals surface area (Å²) in [7, 11) is -4.24. The van der Waals surface area contributed by atoms with Gasteiger partial charge < -0.3 is 4.90 Å². The standard InChI is InChI=1S/C18H27N5O3S/c1-12(2)23-18(19-20-21-23)22-9-7-15(8-10-22)14(4)16-11-13(3)5-6-17(16)27(24,25)26/h5-6,11-12,14-15H,7-10H2,1-4H3,(H,24,25,26). The van der Waals surface area contributed by atoms with E-state index in [1.165, 1.54) is 6.07 Å². The van der Waals surface area contributed by atoms with Crippen LogP contribution in [0.5, 0.6) is 0 Å². The lowest BCUT2D eigenvalue weighted by atomic mass is 9.81. The summed E-state index contributed by atoms with van der Waals surface area (Å²) in [6, 6.07) is 5.28. The highest BCUT2D eigenvalue weighted by Gasteiger charge is 2.30. The molecule has 27 heavy (non-hydrogen) atoms.